The molecule has 25 heteroatoms. The van der Waals surface area contributed by atoms with Crippen LogP contribution in [0.5, 0.6) is 0 Å². The summed E-state index contributed by atoms with van der Waals surface area (Å²) < 4.78 is 51.9. The number of alkyl halides is 1. The number of H-pyrrole nitrogens is 1. The molecule has 0 aromatic carbocycles. The molecule has 3 aliphatic rings. The molecule has 0 radical (unpaired) electrons. The second kappa shape index (κ2) is 12.3. The predicted octanol–water partition coefficient (Wildman–Crippen LogP) is -1.26. The highest BCUT2D eigenvalue weighted by Crippen LogP contribution is 2.53. The molecule has 45 heavy (non-hydrogen) atoms. The van der Waals surface area contributed by atoms with Crippen molar-refractivity contribution in [3.8, 4) is 0 Å². The summed E-state index contributed by atoms with van der Waals surface area (Å²) in [7, 11) is 1.40. The molecular formula is C20H28FN11O9P2S2. The molecule has 9 unspecified atom stereocenters. The quantitative estimate of drug-likeness (QED) is 0.123. The molecule has 3 saturated heterocycles. The minimum absolute atomic E-state index is 0.116. The predicted molar refractivity (Wildman–Crippen MR) is 161 cm³/mol. The van der Waals surface area contributed by atoms with Gasteiger partial charge in [0.25, 0.3) is 5.56 Å². The molecule has 3 aromatic rings. The zero-order valence-electron chi connectivity index (χ0n) is 23.1. The smallest absolute Gasteiger partial charge is 0.325 e. The first-order valence-electron chi connectivity index (χ1n) is 13.1. The Balaban J connectivity index is 1.29. The van der Waals surface area contributed by atoms with Gasteiger partial charge in [-0.1, -0.05) is 0 Å². The molecule has 2 bridgehead atoms. The van der Waals surface area contributed by atoms with Crippen LogP contribution in [0.4, 0.5) is 27.7 Å². The Morgan fingerprint density at radius 1 is 1.11 bits per heavy atom. The Morgan fingerprint density at radius 2 is 1.82 bits per heavy atom. The summed E-state index contributed by atoms with van der Waals surface area (Å²) in [5, 5.41) is 5.24. The highest BCUT2D eigenvalue weighted by Gasteiger charge is 2.53. The first-order valence-corrected chi connectivity index (χ1v) is 18.3. The van der Waals surface area contributed by atoms with Gasteiger partial charge in [-0.3, -0.25) is 19.3 Å². The van der Waals surface area contributed by atoms with E-state index < -0.39 is 75.1 Å². The second-order valence-corrected chi connectivity index (χ2v) is 15.6. The normalized spacial score (nSPS) is 35.8. The fraction of sp³-hybridized carbons (Fsp3) is 0.550. The number of nitrogens with one attached hydrogen (secondary N) is 2. The van der Waals surface area contributed by atoms with Crippen molar-refractivity contribution >= 4 is 66.0 Å². The highest BCUT2D eigenvalue weighted by atomic mass is 32.5. The fourth-order valence-electron chi connectivity index (χ4n) is 5.13. The van der Waals surface area contributed by atoms with Crippen LogP contribution in [-0.2, 0) is 51.2 Å². The second-order valence-electron chi connectivity index (χ2n) is 10.00. The molecule has 20 nitrogen and oxygen atoms in total. The summed E-state index contributed by atoms with van der Waals surface area (Å²) in [6.45, 7) is -9.34. The monoisotopic (exact) mass is 711 g/mol. The zero-order chi connectivity index (χ0) is 32.3. The lowest BCUT2D eigenvalue weighted by Gasteiger charge is -2.33. The SMILES string of the molecule is CNN(c1nc(N)[nH]c(=O)c1N)C1OC2COP(O)(=S)OC3CC(c4cnc5c(N)ncnn45)OC3COP(O)(=S)OC1C2F. The Bertz CT molecular complexity index is 1760. The van der Waals surface area contributed by atoms with Crippen molar-refractivity contribution in [1.82, 2.24) is 35.0 Å². The Kier molecular flexibility index (Phi) is 8.84. The standard InChI is InChI=1S/C20H28FN11O9P2S2/c1-25-32(16-13(22)18(33)30-20(24)29-16)19-14-12(21)11(39-19)5-37-42(34,44)40-9-2-8(38-10(9)4-36-43(35,45)41-14)7-3-26-17-15(23)27-6-28-31(7)17/h3,6,8-12,14,19,25H,2,4-5,22H2,1H3,(H,34,44)(H,35,45)(H2,23,27,28)(H3,24,29,30,33). The number of rotatable bonds is 4. The average molecular weight is 712 g/mol. The van der Waals surface area contributed by atoms with Crippen LogP contribution in [0.3, 0.4) is 0 Å². The number of halogens is 1. The van der Waals surface area contributed by atoms with E-state index in [1.54, 1.807) is 0 Å². The molecule has 10 N–H and O–H groups in total. The topological polar surface area (TPSA) is 278 Å². The van der Waals surface area contributed by atoms with Gasteiger partial charge < -0.3 is 50.0 Å². The minimum Gasteiger partial charge on any atom is -0.391 e. The van der Waals surface area contributed by atoms with E-state index in [9.17, 15) is 14.6 Å². The van der Waals surface area contributed by atoms with Crippen LogP contribution in [0.1, 0.15) is 18.2 Å². The lowest BCUT2D eigenvalue weighted by atomic mass is 10.1. The van der Waals surface area contributed by atoms with Crippen molar-refractivity contribution in [1.29, 1.82) is 0 Å². The van der Waals surface area contributed by atoms with Gasteiger partial charge in [0.05, 0.1) is 31.2 Å². The van der Waals surface area contributed by atoms with Crippen LogP contribution in [0.2, 0.25) is 0 Å². The molecule has 3 aromatic heterocycles. The van der Waals surface area contributed by atoms with Gasteiger partial charge >= 0.3 is 13.4 Å². The fourth-order valence-corrected chi connectivity index (χ4v) is 8.01. The van der Waals surface area contributed by atoms with Crippen LogP contribution in [0, 0.1) is 0 Å². The average Bonchev–Trinajstić information content (AvgIpc) is 3.66. The number of ether oxygens (including phenoxy) is 2. The molecular weight excluding hydrogens is 683 g/mol. The molecule has 0 aliphatic carbocycles. The van der Waals surface area contributed by atoms with Crippen LogP contribution < -0.4 is 33.2 Å². The number of aromatic nitrogens is 6. The number of nitrogens with two attached hydrogens (primary N) is 3. The van der Waals surface area contributed by atoms with Crippen molar-refractivity contribution in [2.75, 3.05) is 42.5 Å². The molecule has 3 aliphatic heterocycles. The minimum atomic E-state index is -4.25. The number of anilines is 4. The van der Waals surface area contributed by atoms with E-state index in [2.05, 4.69) is 30.5 Å². The van der Waals surface area contributed by atoms with Gasteiger partial charge in [0, 0.05) is 13.5 Å². The van der Waals surface area contributed by atoms with Crippen molar-refractivity contribution < 1.29 is 41.7 Å². The molecule has 0 spiro atoms. The van der Waals surface area contributed by atoms with E-state index in [1.165, 1.54) is 24.1 Å². The van der Waals surface area contributed by atoms with Crippen LogP contribution in [0.25, 0.3) is 5.65 Å². The molecule has 246 valence electrons. The van der Waals surface area contributed by atoms with Crippen LogP contribution >= 0.6 is 13.4 Å². The van der Waals surface area contributed by atoms with Gasteiger partial charge in [0.2, 0.25) is 5.95 Å². The van der Waals surface area contributed by atoms with Crippen LogP contribution in [0.15, 0.2) is 17.3 Å². The Morgan fingerprint density at radius 3 is 2.56 bits per heavy atom. The highest BCUT2D eigenvalue weighted by molar-refractivity contribution is 8.07. The van der Waals surface area contributed by atoms with Crippen molar-refractivity contribution in [2.45, 2.75) is 49.3 Å². The van der Waals surface area contributed by atoms with E-state index in [-0.39, 0.29) is 29.7 Å². The summed E-state index contributed by atoms with van der Waals surface area (Å²) >= 11 is 10.5. The van der Waals surface area contributed by atoms with Crippen LogP contribution in [-0.4, -0.2) is 96.4 Å². The lowest BCUT2D eigenvalue weighted by Crippen LogP contribution is -2.51. The van der Waals surface area contributed by atoms with Gasteiger partial charge in [0.15, 0.2) is 29.7 Å². The number of nitrogens with zero attached hydrogens (tertiary/aromatic N) is 6. The molecule has 0 amide bonds. The number of hydrogen-bond donors (Lipinski definition) is 7. The van der Waals surface area contributed by atoms with E-state index in [0.29, 0.717) is 11.3 Å². The Hall–Kier alpha value is -2.50. The van der Waals surface area contributed by atoms with Gasteiger partial charge in [-0.15, -0.1) is 0 Å². The third-order valence-corrected chi connectivity index (χ3v) is 10.3. The van der Waals surface area contributed by atoms with Gasteiger partial charge in [-0.25, -0.2) is 24.3 Å². The number of hydrogen-bond acceptors (Lipinski definition) is 18. The largest absolute Gasteiger partial charge is 0.391 e. The third-order valence-electron chi connectivity index (χ3n) is 7.16. The maximum atomic E-state index is 15.9. The number of nitrogen functional groups attached to an aromatic ring is 3. The summed E-state index contributed by atoms with van der Waals surface area (Å²) in [4.78, 5) is 48.7. The number of hydrazine groups is 1. The third kappa shape index (κ3) is 6.41. The van der Waals surface area contributed by atoms with Gasteiger partial charge in [-0.05, 0) is 23.6 Å². The summed E-state index contributed by atoms with van der Waals surface area (Å²) in [5.74, 6) is -0.382. The first kappa shape index (κ1) is 32.4. The lowest BCUT2D eigenvalue weighted by molar-refractivity contribution is -0.0363. The Labute approximate surface area is 262 Å². The van der Waals surface area contributed by atoms with Gasteiger partial charge in [0.1, 0.15) is 36.4 Å². The molecule has 9 atom stereocenters. The number of imidazole rings is 1. The summed E-state index contributed by atoms with van der Waals surface area (Å²) in [6.07, 6.45) is -6.39. The zero-order valence-corrected chi connectivity index (χ0v) is 26.5. The molecule has 0 saturated carbocycles. The maximum absolute atomic E-state index is 15.9. The maximum Gasteiger partial charge on any atom is 0.325 e. The van der Waals surface area contributed by atoms with E-state index >= 15 is 4.39 Å². The van der Waals surface area contributed by atoms with E-state index in [4.69, 9.17) is 68.4 Å². The first-order chi connectivity index (χ1) is 21.3. The van der Waals surface area contributed by atoms with E-state index in [1.807, 2.05) is 0 Å². The molecule has 6 heterocycles. The van der Waals surface area contributed by atoms with Crippen molar-refractivity contribution in [3.63, 3.8) is 0 Å². The summed E-state index contributed by atoms with van der Waals surface area (Å²) in [5.41, 5.74) is 19.8. The van der Waals surface area contributed by atoms with Gasteiger partial charge in [-0.2, -0.15) is 10.1 Å². The summed E-state index contributed by atoms with van der Waals surface area (Å²) in [6, 6.07) is 0. The molecule has 6 rings (SSSR count). The van der Waals surface area contributed by atoms with Crippen molar-refractivity contribution in [3.05, 3.63) is 28.6 Å². The molecule has 3 fully saturated rings. The van der Waals surface area contributed by atoms with Crippen molar-refractivity contribution in [2.24, 2.45) is 0 Å². The number of aromatic amines is 1. The van der Waals surface area contributed by atoms with E-state index in [0.717, 1.165) is 5.01 Å². The number of fused-ring (bicyclic) bond motifs is 4.